The van der Waals surface area contributed by atoms with Gasteiger partial charge in [0, 0.05) is 31.1 Å². The second kappa shape index (κ2) is 8.23. The summed E-state index contributed by atoms with van der Waals surface area (Å²) in [7, 11) is 1.90. The molecule has 1 amide bonds. The van der Waals surface area contributed by atoms with E-state index in [9.17, 15) is 9.59 Å². The third kappa shape index (κ3) is 4.57. The third-order valence-electron chi connectivity index (χ3n) is 5.05. The molecule has 2 aromatic rings. The molecule has 0 spiro atoms. The zero-order chi connectivity index (χ0) is 19.6. The number of ether oxygens (including phenoxy) is 1. The fourth-order valence-corrected chi connectivity index (χ4v) is 3.63. The average Bonchev–Trinajstić information content (AvgIpc) is 2.61. The summed E-state index contributed by atoms with van der Waals surface area (Å²) in [5, 5.41) is 0.939. The summed E-state index contributed by atoms with van der Waals surface area (Å²) in [6.45, 7) is 9.63. The fraction of sp³-hybridized carbons (Fsp3) is 0.524. The van der Waals surface area contributed by atoms with Gasteiger partial charge in [-0.15, -0.1) is 0 Å². The van der Waals surface area contributed by atoms with Crippen molar-refractivity contribution in [3.8, 4) is 0 Å². The summed E-state index contributed by atoms with van der Waals surface area (Å²) in [5.41, 5.74) is 3.49. The highest BCUT2D eigenvalue weighted by Gasteiger charge is 2.19. The van der Waals surface area contributed by atoms with Gasteiger partial charge in [0.2, 0.25) is 5.91 Å². The molecule has 27 heavy (non-hydrogen) atoms. The zero-order valence-corrected chi connectivity index (χ0v) is 16.6. The SMILES string of the molecule is Cc1cc2oc(=O)cc(CN(C)CC(=O)N3CCOCC3)c2cc1C(C)C. The molecule has 0 atom stereocenters. The van der Waals surface area contributed by atoms with Gasteiger partial charge < -0.3 is 14.1 Å². The van der Waals surface area contributed by atoms with E-state index in [1.165, 1.54) is 11.6 Å². The molecule has 0 N–H and O–H groups in total. The summed E-state index contributed by atoms with van der Waals surface area (Å²) in [4.78, 5) is 28.3. The maximum atomic E-state index is 12.5. The van der Waals surface area contributed by atoms with Crippen LogP contribution < -0.4 is 5.63 Å². The van der Waals surface area contributed by atoms with Crippen LogP contribution in [0.15, 0.2) is 27.4 Å². The molecule has 6 nitrogen and oxygen atoms in total. The van der Waals surface area contributed by atoms with Crippen molar-refractivity contribution in [2.45, 2.75) is 33.2 Å². The second-order valence-corrected chi connectivity index (χ2v) is 7.62. The Hall–Kier alpha value is -2.18. The van der Waals surface area contributed by atoms with Gasteiger partial charge in [-0.2, -0.15) is 0 Å². The first-order valence-electron chi connectivity index (χ1n) is 9.46. The average molecular weight is 372 g/mol. The molecule has 1 fully saturated rings. The van der Waals surface area contributed by atoms with Gasteiger partial charge in [-0.05, 0) is 48.7 Å². The second-order valence-electron chi connectivity index (χ2n) is 7.62. The van der Waals surface area contributed by atoms with Gasteiger partial charge in [-0.3, -0.25) is 9.69 Å². The molecule has 1 aliphatic rings. The van der Waals surface area contributed by atoms with Crippen molar-refractivity contribution in [1.29, 1.82) is 0 Å². The van der Waals surface area contributed by atoms with Crippen molar-refractivity contribution in [3.63, 3.8) is 0 Å². The van der Waals surface area contributed by atoms with E-state index in [1.807, 2.05) is 29.8 Å². The van der Waals surface area contributed by atoms with Crippen molar-refractivity contribution in [2.75, 3.05) is 39.9 Å². The number of fused-ring (bicyclic) bond motifs is 1. The van der Waals surface area contributed by atoms with Crippen LogP contribution >= 0.6 is 0 Å². The molecule has 0 bridgehead atoms. The summed E-state index contributed by atoms with van der Waals surface area (Å²) >= 11 is 0. The highest BCUT2D eigenvalue weighted by molar-refractivity contribution is 5.82. The molecule has 146 valence electrons. The monoisotopic (exact) mass is 372 g/mol. The summed E-state index contributed by atoms with van der Waals surface area (Å²) in [6, 6.07) is 5.59. The van der Waals surface area contributed by atoms with Crippen LogP contribution in [0, 0.1) is 6.92 Å². The lowest BCUT2D eigenvalue weighted by atomic mass is 9.95. The van der Waals surface area contributed by atoms with Crippen molar-refractivity contribution >= 4 is 16.9 Å². The summed E-state index contributed by atoms with van der Waals surface area (Å²) in [5.74, 6) is 0.474. The van der Waals surface area contributed by atoms with Gasteiger partial charge in [-0.1, -0.05) is 13.8 Å². The third-order valence-corrected chi connectivity index (χ3v) is 5.05. The molecule has 1 saturated heterocycles. The standard InChI is InChI=1S/C21H28N2O4/c1-14(2)17-11-18-16(10-21(25)27-19(18)9-15(17)3)12-22(4)13-20(24)23-5-7-26-8-6-23/h9-11,14H,5-8,12-13H2,1-4H3. The summed E-state index contributed by atoms with van der Waals surface area (Å²) in [6.07, 6.45) is 0. The first kappa shape index (κ1) is 19.6. The van der Waals surface area contributed by atoms with Gasteiger partial charge in [0.05, 0.1) is 19.8 Å². The quantitative estimate of drug-likeness (QED) is 0.755. The molecule has 0 saturated carbocycles. The molecular formula is C21H28N2O4. The van der Waals surface area contributed by atoms with Crippen LogP contribution in [0.2, 0.25) is 0 Å². The van der Waals surface area contributed by atoms with E-state index in [-0.39, 0.29) is 11.5 Å². The molecule has 0 unspecified atom stereocenters. The molecule has 1 aromatic heterocycles. The number of aryl methyl sites for hydroxylation is 1. The van der Waals surface area contributed by atoms with E-state index in [0.717, 1.165) is 16.5 Å². The lowest BCUT2D eigenvalue weighted by molar-refractivity contribution is -0.136. The van der Waals surface area contributed by atoms with Crippen molar-refractivity contribution in [2.24, 2.45) is 0 Å². The van der Waals surface area contributed by atoms with E-state index < -0.39 is 0 Å². The maximum Gasteiger partial charge on any atom is 0.336 e. The van der Waals surface area contributed by atoms with Gasteiger partial charge in [0.15, 0.2) is 0 Å². The highest BCUT2D eigenvalue weighted by atomic mass is 16.5. The number of amides is 1. The largest absolute Gasteiger partial charge is 0.423 e. The number of carbonyl (C=O) groups excluding carboxylic acids is 1. The Kier molecular flexibility index (Phi) is 5.97. The topological polar surface area (TPSA) is 63.0 Å². The normalized spacial score (nSPS) is 15.1. The van der Waals surface area contributed by atoms with Crippen molar-refractivity contribution in [3.05, 3.63) is 45.3 Å². The highest BCUT2D eigenvalue weighted by Crippen LogP contribution is 2.27. The number of carbonyl (C=O) groups is 1. The lowest BCUT2D eigenvalue weighted by Gasteiger charge is -2.28. The predicted molar refractivity (Wildman–Crippen MR) is 105 cm³/mol. The van der Waals surface area contributed by atoms with Crippen molar-refractivity contribution in [1.82, 2.24) is 9.80 Å². The van der Waals surface area contributed by atoms with E-state index in [0.29, 0.717) is 50.9 Å². The Balaban J connectivity index is 1.83. The Bertz CT molecular complexity index is 882. The molecule has 1 aromatic carbocycles. The Labute approximate surface area is 159 Å². The molecule has 0 radical (unpaired) electrons. The van der Waals surface area contributed by atoms with E-state index in [2.05, 4.69) is 19.9 Å². The van der Waals surface area contributed by atoms with E-state index in [1.54, 1.807) is 0 Å². The minimum absolute atomic E-state index is 0.0896. The molecule has 1 aliphatic heterocycles. The van der Waals surface area contributed by atoms with Crippen LogP contribution in [-0.4, -0.2) is 55.6 Å². The minimum Gasteiger partial charge on any atom is -0.423 e. The van der Waals surface area contributed by atoms with Crippen molar-refractivity contribution < 1.29 is 13.9 Å². The molecule has 2 heterocycles. The maximum absolute atomic E-state index is 12.5. The molecular weight excluding hydrogens is 344 g/mol. The lowest BCUT2D eigenvalue weighted by Crippen LogP contribution is -2.44. The Morgan fingerprint density at radius 3 is 2.59 bits per heavy atom. The Morgan fingerprint density at radius 2 is 1.93 bits per heavy atom. The molecule has 3 rings (SSSR count). The van der Waals surface area contributed by atoms with Crippen LogP contribution in [0.25, 0.3) is 11.0 Å². The minimum atomic E-state index is -0.359. The number of rotatable bonds is 5. The number of nitrogens with zero attached hydrogens (tertiary/aromatic N) is 2. The van der Waals surface area contributed by atoms with E-state index >= 15 is 0 Å². The van der Waals surface area contributed by atoms with Gasteiger partial charge in [0.25, 0.3) is 0 Å². The zero-order valence-electron chi connectivity index (χ0n) is 16.6. The van der Waals surface area contributed by atoms with Crippen LogP contribution in [0.1, 0.15) is 36.5 Å². The molecule has 0 aliphatic carbocycles. The number of hydrogen-bond acceptors (Lipinski definition) is 5. The van der Waals surface area contributed by atoms with Gasteiger partial charge in [0.1, 0.15) is 5.58 Å². The number of hydrogen-bond donors (Lipinski definition) is 0. The predicted octanol–water partition coefficient (Wildman–Crippen LogP) is 2.52. The first-order valence-corrected chi connectivity index (χ1v) is 9.46. The smallest absolute Gasteiger partial charge is 0.336 e. The van der Waals surface area contributed by atoms with Crippen LogP contribution in [0.3, 0.4) is 0 Å². The van der Waals surface area contributed by atoms with E-state index in [4.69, 9.17) is 9.15 Å². The first-order chi connectivity index (χ1) is 12.8. The van der Waals surface area contributed by atoms with Crippen LogP contribution in [0.4, 0.5) is 0 Å². The van der Waals surface area contributed by atoms with Crippen LogP contribution in [0.5, 0.6) is 0 Å². The number of benzene rings is 1. The van der Waals surface area contributed by atoms with Crippen LogP contribution in [-0.2, 0) is 16.1 Å². The molecule has 6 heteroatoms. The van der Waals surface area contributed by atoms with Gasteiger partial charge in [-0.25, -0.2) is 4.79 Å². The fourth-order valence-electron chi connectivity index (χ4n) is 3.63. The number of morpholine rings is 1. The number of likely N-dealkylation sites (N-methyl/N-ethyl adjacent to an activating group) is 1. The van der Waals surface area contributed by atoms with Gasteiger partial charge >= 0.3 is 5.63 Å². The Morgan fingerprint density at radius 1 is 1.22 bits per heavy atom. The summed E-state index contributed by atoms with van der Waals surface area (Å²) < 4.78 is 10.7.